The first-order valence-electron chi connectivity index (χ1n) is 13.4. The lowest BCUT2D eigenvalue weighted by molar-refractivity contribution is -0.160. The maximum Gasteiger partial charge on any atom is 0.337 e. The summed E-state index contributed by atoms with van der Waals surface area (Å²) in [5.41, 5.74) is 2.35. The van der Waals surface area contributed by atoms with E-state index in [-0.39, 0.29) is 6.10 Å². The Balaban J connectivity index is 0.000000538. The molecule has 1 aromatic carbocycles. The molecule has 0 aliphatic heterocycles. The summed E-state index contributed by atoms with van der Waals surface area (Å²) in [7, 11) is 2.07. The monoisotopic (exact) mass is 527 g/mol. The normalized spacial score (nSPS) is 14.9. The number of pyridine rings is 1. The van der Waals surface area contributed by atoms with Crippen LogP contribution in [0, 0.1) is 13.8 Å². The lowest BCUT2D eigenvalue weighted by Crippen LogP contribution is -2.28. The van der Waals surface area contributed by atoms with E-state index in [2.05, 4.69) is 22.7 Å². The summed E-state index contributed by atoms with van der Waals surface area (Å²) in [5, 5.41) is 15.9. The average Bonchev–Trinajstić information content (AvgIpc) is 2.85. The lowest BCUT2D eigenvalue weighted by atomic mass is 9.91. The smallest absolute Gasteiger partial charge is 0.337 e. The highest BCUT2D eigenvalue weighted by atomic mass is 16.5. The topological polar surface area (TPSA) is 110 Å². The summed E-state index contributed by atoms with van der Waals surface area (Å²) in [6.45, 7) is 12.8. The minimum atomic E-state index is -1.24. The van der Waals surface area contributed by atoms with E-state index in [1.807, 2.05) is 38.1 Å². The van der Waals surface area contributed by atoms with Crippen molar-refractivity contribution in [2.75, 3.05) is 12.4 Å². The van der Waals surface area contributed by atoms with E-state index in [0.29, 0.717) is 34.6 Å². The number of amides is 1. The number of benzene rings is 1. The van der Waals surface area contributed by atoms with Gasteiger partial charge in [0.25, 0.3) is 0 Å². The number of aromatic nitrogens is 1. The Bertz CT molecular complexity index is 1060. The SMILES string of the molecule is CNC1CCCCC1.Cc1nc(NC=O)c(C)c(C(OC(C)(C)C)C(=O)O)c1-c1ccc(OC(C)C)cc1. The number of anilines is 1. The van der Waals surface area contributed by atoms with Crippen LogP contribution in [0.15, 0.2) is 24.3 Å². The first kappa shape index (κ1) is 31.2. The minimum Gasteiger partial charge on any atom is -0.491 e. The summed E-state index contributed by atoms with van der Waals surface area (Å²) >= 11 is 0. The van der Waals surface area contributed by atoms with Crippen molar-refractivity contribution in [3.8, 4) is 16.9 Å². The van der Waals surface area contributed by atoms with Crippen LogP contribution in [0.1, 0.15) is 89.6 Å². The lowest BCUT2D eigenvalue weighted by Gasteiger charge is -2.29. The third-order valence-corrected chi connectivity index (χ3v) is 6.35. The predicted molar refractivity (Wildman–Crippen MR) is 152 cm³/mol. The zero-order valence-electron chi connectivity index (χ0n) is 24.2. The van der Waals surface area contributed by atoms with Crippen LogP contribution in [0.4, 0.5) is 5.82 Å². The summed E-state index contributed by atoms with van der Waals surface area (Å²) < 4.78 is 11.6. The van der Waals surface area contributed by atoms with Gasteiger partial charge in [0.05, 0.1) is 11.7 Å². The molecule has 3 N–H and O–H groups in total. The highest BCUT2D eigenvalue weighted by Gasteiger charge is 2.32. The number of carbonyl (C=O) groups excluding carboxylic acids is 1. The number of carboxylic acid groups (broad SMARTS) is 1. The van der Waals surface area contributed by atoms with Gasteiger partial charge in [0.15, 0.2) is 6.10 Å². The fraction of sp³-hybridized carbons (Fsp3) is 0.567. The van der Waals surface area contributed by atoms with Gasteiger partial charge in [-0.15, -0.1) is 0 Å². The molecule has 0 saturated heterocycles. The number of carbonyl (C=O) groups is 2. The van der Waals surface area contributed by atoms with E-state index in [1.165, 1.54) is 32.1 Å². The first-order chi connectivity index (χ1) is 17.9. The van der Waals surface area contributed by atoms with Crippen molar-refractivity contribution in [2.24, 2.45) is 0 Å². The molecule has 8 heteroatoms. The Morgan fingerprint density at radius 2 is 1.71 bits per heavy atom. The van der Waals surface area contributed by atoms with E-state index < -0.39 is 17.7 Å². The molecule has 1 heterocycles. The van der Waals surface area contributed by atoms with Gasteiger partial charge in [-0.1, -0.05) is 31.4 Å². The number of ether oxygens (including phenoxy) is 2. The van der Waals surface area contributed by atoms with Crippen molar-refractivity contribution in [2.45, 2.75) is 104 Å². The zero-order chi connectivity index (χ0) is 28.5. The molecule has 8 nitrogen and oxygen atoms in total. The molecule has 1 aliphatic rings. The Morgan fingerprint density at radius 3 is 2.16 bits per heavy atom. The molecule has 1 atom stereocenters. The summed E-state index contributed by atoms with van der Waals surface area (Å²) in [6.07, 6.45) is 6.46. The molecule has 1 unspecified atom stereocenters. The fourth-order valence-corrected chi connectivity index (χ4v) is 4.66. The number of carboxylic acids is 1. The Labute approximate surface area is 227 Å². The number of nitrogens with one attached hydrogen (secondary N) is 2. The van der Waals surface area contributed by atoms with E-state index in [1.54, 1.807) is 34.6 Å². The molecule has 1 aromatic heterocycles. The molecule has 1 fully saturated rings. The average molecular weight is 528 g/mol. The summed E-state index contributed by atoms with van der Waals surface area (Å²) in [4.78, 5) is 27.7. The summed E-state index contributed by atoms with van der Waals surface area (Å²) in [6, 6.07) is 8.25. The third kappa shape index (κ3) is 9.10. The molecule has 0 spiro atoms. The number of aliphatic carboxylic acids is 1. The number of nitrogens with zero attached hydrogens (tertiary/aromatic N) is 1. The van der Waals surface area contributed by atoms with Gasteiger partial charge >= 0.3 is 5.97 Å². The number of rotatable bonds is 9. The molecule has 0 bridgehead atoms. The van der Waals surface area contributed by atoms with Crippen LogP contribution in [-0.4, -0.2) is 47.3 Å². The number of hydrogen-bond donors (Lipinski definition) is 3. The molecule has 1 saturated carbocycles. The Morgan fingerprint density at radius 1 is 1.11 bits per heavy atom. The zero-order valence-corrected chi connectivity index (χ0v) is 24.2. The largest absolute Gasteiger partial charge is 0.491 e. The standard InChI is InChI=1S/C23H30N2O5.C7H15N/c1-13(2)29-17-10-8-16(9-11-17)19-15(4)25-21(24-12-26)14(3)18(19)20(22(27)28)30-23(5,6)7;1-8-7-5-3-2-4-6-7/h8-13,20H,1-7H3,(H,27,28)(H,24,25,26);7-8H,2-6H2,1H3. The highest BCUT2D eigenvalue weighted by molar-refractivity contribution is 5.85. The van der Waals surface area contributed by atoms with Crippen LogP contribution >= 0.6 is 0 Å². The maximum absolute atomic E-state index is 12.2. The van der Waals surface area contributed by atoms with E-state index in [4.69, 9.17) is 9.47 Å². The number of hydrogen-bond acceptors (Lipinski definition) is 6. The fourth-order valence-electron chi connectivity index (χ4n) is 4.66. The van der Waals surface area contributed by atoms with E-state index in [0.717, 1.165) is 17.4 Å². The van der Waals surface area contributed by atoms with Gasteiger partial charge in [0.1, 0.15) is 11.6 Å². The Hall–Kier alpha value is -2.97. The van der Waals surface area contributed by atoms with Crippen LogP contribution in [0.3, 0.4) is 0 Å². The van der Waals surface area contributed by atoms with E-state index >= 15 is 0 Å². The van der Waals surface area contributed by atoms with Gasteiger partial charge in [-0.2, -0.15) is 0 Å². The van der Waals surface area contributed by atoms with Crippen molar-refractivity contribution in [1.82, 2.24) is 10.3 Å². The van der Waals surface area contributed by atoms with Crippen LogP contribution in [0.5, 0.6) is 5.75 Å². The molecular weight excluding hydrogens is 482 g/mol. The van der Waals surface area contributed by atoms with Crippen molar-refractivity contribution >= 4 is 18.2 Å². The molecule has 1 aliphatic carbocycles. The van der Waals surface area contributed by atoms with Crippen molar-refractivity contribution in [3.63, 3.8) is 0 Å². The quantitative estimate of drug-likeness (QED) is 0.333. The second-order valence-electron chi connectivity index (χ2n) is 11.0. The van der Waals surface area contributed by atoms with E-state index in [9.17, 15) is 14.7 Å². The van der Waals surface area contributed by atoms with Crippen LogP contribution < -0.4 is 15.4 Å². The molecule has 1 amide bonds. The molecule has 210 valence electrons. The molecule has 3 rings (SSSR count). The van der Waals surface area contributed by atoms with Gasteiger partial charge in [0.2, 0.25) is 6.41 Å². The van der Waals surface area contributed by atoms with Gasteiger partial charge in [0, 0.05) is 22.9 Å². The van der Waals surface area contributed by atoms with Gasteiger partial charge in [-0.05, 0) is 91.6 Å². The predicted octanol–water partition coefficient (Wildman–Crippen LogP) is 6.20. The second kappa shape index (κ2) is 14.3. The van der Waals surface area contributed by atoms with Gasteiger partial charge in [-0.3, -0.25) is 4.79 Å². The second-order valence-corrected chi connectivity index (χ2v) is 11.0. The molecule has 38 heavy (non-hydrogen) atoms. The molecule has 0 radical (unpaired) electrons. The minimum absolute atomic E-state index is 0.0438. The first-order valence-corrected chi connectivity index (χ1v) is 13.4. The van der Waals surface area contributed by atoms with Gasteiger partial charge < -0.3 is 25.2 Å². The molecule has 2 aromatic rings. The highest BCUT2D eigenvalue weighted by Crippen LogP contribution is 2.39. The van der Waals surface area contributed by atoms with Crippen molar-refractivity contribution in [3.05, 3.63) is 41.1 Å². The third-order valence-electron chi connectivity index (χ3n) is 6.35. The number of aryl methyl sites for hydroxylation is 1. The maximum atomic E-state index is 12.2. The summed E-state index contributed by atoms with van der Waals surface area (Å²) in [5.74, 6) is -0.0842. The van der Waals surface area contributed by atoms with Crippen LogP contribution in [0.2, 0.25) is 0 Å². The van der Waals surface area contributed by atoms with Crippen molar-refractivity contribution in [1.29, 1.82) is 0 Å². The van der Waals surface area contributed by atoms with Crippen LogP contribution in [0.25, 0.3) is 11.1 Å². The van der Waals surface area contributed by atoms with Crippen LogP contribution in [-0.2, 0) is 14.3 Å². The Kier molecular flexibility index (Phi) is 11.7. The van der Waals surface area contributed by atoms with Gasteiger partial charge in [-0.25, -0.2) is 9.78 Å². The molecular formula is C30H45N3O5. The van der Waals surface area contributed by atoms with Crippen molar-refractivity contribution < 1.29 is 24.2 Å².